The van der Waals surface area contributed by atoms with Crippen LogP contribution in [0.15, 0.2) is 61.3 Å². The largest absolute Gasteiger partial charge is 0.0985 e. The lowest BCUT2D eigenvalue weighted by molar-refractivity contribution is 1.53. The average Bonchev–Trinajstić information content (AvgIpc) is 1.98. The Labute approximate surface area is 68.9 Å². The van der Waals surface area contributed by atoms with Gasteiger partial charge in [-0.2, -0.15) is 0 Å². The number of hydrogen-bond donors (Lipinski definition) is 0. The van der Waals surface area contributed by atoms with Crippen LogP contribution < -0.4 is 0 Å². The Kier molecular flexibility index (Phi) is 3.97. The van der Waals surface area contributed by atoms with E-state index >= 15 is 0 Å². The van der Waals surface area contributed by atoms with Crippen LogP contribution in [0.2, 0.25) is 0 Å². The van der Waals surface area contributed by atoms with Crippen molar-refractivity contribution in [3.05, 3.63) is 61.3 Å². The lowest BCUT2D eigenvalue weighted by Crippen LogP contribution is -1.76. The van der Waals surface area contributed by atoms with Gasteiger partial charge in [0.2, 0.25) is 0 Å². The van der Waals surface area contributed by atoms with Gasteiger partial charge in [0.25, 0.3) is 0 Å². The van der Waals surface area contributed by atoms with Crippen LogP contribution in [0, 0.1) is 0 Å². The van der Waals surface area contributed by atoms with Crippen LogP contribution in [-0.4, -0.2) is 0 Å². The van der Waals surface area contributed by atoms with Gasteiger partial charge in [-0.15, -0.1) is 0 Å². The topological polar surface area (TPSA) is 0 Å². The van der Waals surface area contributed by atoms with Gasteiger partial charge in [-0.05, 0) is 18.1 Å². The highest BCUT2D eigenvalue weighted by atomic mass is 13.9. The van der Waals surface area contributed by atoms with E-state index in [0.717, 1.165) is 16.7 Å². The van der Waals surface area contributed by atoms with E-state index in [4.69, 9.17) is 0 Å². The van der Waals surface area contributed by atoms with E-state index in [2.05, 4.69) is 26.3 Å². The second kappa shape index (κ2) is 4.51. The first kappa shape index (κ1) is 9.70. The Hall–Kier alpha value is -1.30. The first-order chi connectivity index (χ1) is 5.07. The minimum atomic E-state index is 0.850. The molecular weight excluding hydrogens is 132 g/mol. The fourth-order valence-electron chi connectivity index (χ4n) is 0.481. The molecule has 0 heteroatoms. The van der Waals surface area contributed by atoms with Gasteiger partial charge >= 0.3 is 0 Å². The molecule has 0 radical (unpaired) electrons. The SMILES string of the molecule is C=CC(=C)C(=C)/C=C\C(=C)C. The van der Waals surface area contributed by atoms with E-state index in [9.17, 15) is 0 Å². The summed E-state index contributed by atoms with van der Waals surface area (Å²) in [4.78, 5) is 0. The first-order valence-electron chi connectivity index (χ1n) is 3.42. The highest BCUT2D eigenvalue weighted by molar-refractivity contribution is 5.43. The highest BCUT2D eigenvalue weighted by Crippen LogP contribution is 2.07. The van der Waals surface area contributed by atoms with Crippen LogP contribution in [0.1, 0.15) is 6.92 Å². The van der Waals surface area contributed by atoms with E-state index in [1.807, 2.05) is 19.1 Å². The summed E-state index contributed by atoms with van der Waals surface area (Å²) in [5.41, 5.74) is 2.73. The summed E-state index contributed by atoms with van der Waals surface area (Å²) in [6, 6.07) is 0. The van der Waals surface area contributed by atoms with E-state index in [1.54, 1.807) is 6.08 Å². The zero-order chi connectivity index (χ0) is 8.85. The molecule has 0 atom stereocenters. The third-order valence-corrected chi connectivity index (χ3v) is 1.23. The van der Waals surface area contributed by atoms with Gasteiger partial charge in [0.15, 0.2) is 0 Å². The molecule has 0 aromatic rings. The second-order valence-electron chi connectivity index (χ2n) is 2.43. The lowest BCUT2D eigenvalue weighted by Gasteiger charge is -1.96. The molecule has 0 aromatic carbocycles. The van der Waals surface area contributed by atoms with E-state index in [0.29, 0.717) is 0 Å². The molecule has 0 saturated heterocycles. The molecule has 0 rings (SSSR count). The molecule has 0 aliphatic heterocycles. The van der Waals surface area contributed by atoms with Gasteiger partial charge < -0.3 is 0 Å². The summed E-state index contributed by atoms with van der Waals surface area (Å²) < 4.78 is 0. The molecule has 0 N–H and O–H groups in total. The van der Waals surface area contributed by atoms with Crippen molar-refractivity contribution in [2.45, 2.75) is 6.92 Å². The van der Waals surface area contributed by atoms with E-state index in [-0.39, 0.29) is 0 Å². The summed E-state index contributed by atoms with van der Waals surface area (Å²) in [5, 5.41) is 0. The molecule has 0 heterocycles. The molecule has 0 spiro atoms. The Bertz CT molecular complexity index is 226. The zero-order valence-electron chi connectivity index (χ0n) is 7.06. The van der Waals surface area contributed by atoms with Crippen molar-refractivity contribution in [3.63, 3.8) is 0 Å². The van der Waals surface area contributed by atoms with Gasteiger partial charge in [0, 0.05) is 0 Å². The molecule has 0 aromatic heterocycles. The minimum Gasteiger partial charge on any atom is -0.0985 e. The molecule has 0 fully saturated rings. The monoisotopic (exact) mass is 146 g/mol. The van der Waals surface area contributed by atoms with Crippen molar-refractivity contribution in [2.24, 2.45) is 0 Å². The van der Waals surface area contributed by atoms with Crippen LogP contribution in [0.5, 0.6) is 0 Å². The van der Waals surface area contributed by atoms with Crippen LogP contribution in [0.3, 0.4) is 0 Å². The first-order valence-corrected chi connectivity index (χ1v) is 3.42. The number of allylic oxidation sites excluding steroid dienone is 6. The van der Waals surface area contributed by atoms with Crippen molar-refractivity contribution in [1.82, 2.24) is 0 Å². The quantitative estimate of drug-likeness (QED) is 0.533. The predicted octanol–water partition coefficient (Wildman–Crippen LogP) is 3.42. The maximum Gasteiger partial charge on any atom is -0.0262 e. The Balaban J connectivity index is 4.18. The standard InChI is InChI=1S/C11H14/c1-6-10(4)11(5)8-7-9(2)3/h6-8H,1-2,4-5H2,3H3/b8-7-. The molecule has 0 saturated carbocycles. The molecule has 0 aliphatic rings. The predicted molar refractivity (Wildman–Crippen MR) is 52.4 cm³/mol. The Morgan fingerprint density at radius 3 is 1.91 bits per heavy atom. The maximum absolute atomic E-state index is 3.80. The fourth-order valence-corrected chi connectivity index (χ4v) is 0.481. The molecular formula is C11H14. The lowest BCUT2D eigenvalue weighted by atomic mass is 10.1. The van der Waals surface area contributed by atoms with Crippen molar-refractivity contribution in [3.8, 4) is 0 Å². The molecule has 0 unspecified atom stereocenters. The van der Waals surface area contributed by atoms with Crippen molar-refractivity contribution in [1.29, 1.82) is 0 Å². The van der Waals surface area contributed by atoms with Crippen LogP contribution >= 0.6 is 0 Å². The third kappa shape index (κ3) is 4.15. The van der Waals surface area contributed by atoms with Gasteiger partial charge in [-0.25, -0.2) is 0 Å². The third-order valence-electron chi connectivity index (χ3n) is 1.23. The normalized spacial score (nSPS) is 9.55. The molecule has 0 nitrogen and oxygen atoms in total. The average molecular weight is 146 g/mol. The van der Waals surface area contributed by atoms with Crippen molar-refractivity contribution in [2.75, 3.05) is 0 Å². The molecule has 11 heavy (non-hydrogen) atoms. The van der Waals surface area contributed by atoms with Gasteiger partial charge in [-0.1, -0.05) is 50.1 Å². The zero-order valence-corrected chi connectivity index (χ0v) is 7.06. The minimum absolute atomic E-state index is 0.850. The second-order valence-corrected chi connectivity index (χ2v) is 2.43. The van der Waals surface area contributed by atoms with Gasteiger partial charge in [-0.3, -0.25) is 0 Å². The van der Waals surface area contributed by atoms with Crippen molar-refractivity contribution >= 4 is 0 Å². The molecule has 0 aliphatic carbocycles. The van der Waals surface area contributed by atoms with Crippen LogP contribution in [0.4, 0.5) is 0 Å². The Morgan fingerprint density at radius 1 is 1.00 bits per heavy atom. The summed E-state index contributed by atoms with van der Waals surface area (Å²) in [5.74, 6) is 0. The smallest absolute Gasteiger partial charge is 0.0262 e. The molecule has 0 amide bonds. The van der Waals surface area contributed by atoms with Crippen LogP contribution in [0.25, 0.3) is 0 Å². The number of rotatable bonds is 4. The highest BCUT2D eigenvalue weighted by Gasteiger charge is 1.88. The summed E-state index contributed by atoms with van der Waals surface area (Å²) in [6.07, 6.45) is 5.47. The van der Waals surface area contributed by atoms with Gasteiger partial charge in [0.1, 0.15) is 0 Å². The van der Waals surface area contributed by atoms with E-state index < -0.39 is 0 Å². The molecule has 0 bridgehead atoms. The maximum atomic E-state index is 3.80. The summed E-state index contributed by atoms with van der Waals surface area (Å²) in [6.45, 7) is 16.8. The molecule has 58 valence electrons. The Morgan fingerprint density at radius 2 is 1.55 bits per heavy atom. The van der Waals surface area contributed by atoms with Crippen LogP contribution in [-0.2, 0) is 0 Å². The van der Waals surface area contributed by atoms with Crippen molar-refractivity contribution < 1.29 is 0 Å². The fraction of sp³-hybridized carbons (Fsp3) is 0.0909. The summed E-state index contributed by atoms with van der Waals surface area (Å²) >= 11 is 0. The number of hydrogen-bond acceptors (Lipinski definition) is 0. The van der Waals surface area contributed by atoms with Gasteiger partial charge in [0.05, 0.1) is 0 Å². The van der Waals surface area contributed by atoms with E-state index in [1.165, 1.54) is 0 Å². The summed E-state index contributed by atoms with van der Waals surface area (Å²) in [7, 11) is 0.